The van der Waals surface area contributed by atoms with Crippen molar-refractivity contribution in [1.82, 2.24) is 4.90 Å². The third-order valence-electron chi connectivity index (χ3n) is 4.13. The van der Waals surface area contributed by atoms with E-state index in [1.807, 2.05) is 63.1 Å². The van der Waals surface area contributed by atoms with Crippen molar-refractivity contribution in [1.29, 1.82) is 0 Å². The predicted molar refractivity (Wildman–Crippen MR) is 104 cm³/mol. The second kappa shape index (κ2) is 9.04. The molecule has 2 aromatic rings. The Balaban J connectivity index is 2.16. The summed E-state index contributed by atoms with van der Waals surface area (Å²) in [5.74, 6) is 0.168. The van der Waals surface area contributed by atoms with Crippen molar-refractivity contribution in [2.75, 3.05) is 20.7 Å². The number of carbonyl (C=O) groups is 1. The first-order valence-electron chi connectivity index (χ1n) is 8.60. The number of benzene rings is 2. The molecule has 0 aromatic heterocycles. The maximum absolute atomic E-state index is 12.5. The fraction of sp³-hybridized carbons (Fsp3) is 0.333. The van der Waals surface area contributed by atoms with Crippen LogP contribution in [-0.4, -0.2) is 37.9 Å². The number of aryl methyl sites for hydroxylation is 2. The molecule has 0 N–H and O–H groups in total. The minimum atomic E-state index is -0.373. The minimum absolute atomic E-state index is 0.238. The monoisotopic (exact) mass is 354 g/mol. The smallest absolute Gasteiger partial charge is 0.338 e. The summed E-state index contributed by atoms with van der Waals surface area (Å²) in [5, 5.41) is 0. The van der Waals surface area contributed by atoms with Gasteiger partial charge in [0.15, 0.2) is 0 Å². The highest BCUT2D eigenvalue weighted by atomic mass is 16.5. The zero-order valence-electron chi connectivity index (χ0n) is 16.1. The van der Waals surface area contributed by atoms with Gasteiger partial charge >= 0.3 is 5.97 Å². The van der Waals surface area contributed by atoms with E-state index >= 15 is 0 Å². The topological polar surface area (TPSA) is 51.1 Å². The first-order valence-corrected chi connectivity index (χ1v) is 8.60. The molecule has 0 saturated heterocycles. The molecule has 138 valence electrons. The lowest BCUT2D eigenvalue weighted by Crippen LogP contribution is -2.14. The van der Waals surface area contributed by atoms with Crippen molar-refractivity contribution >= 4 is 18.0 Å². The molecule has 0 unspecified atom stereocenters. The zero-order chi connectivity index (χ0) is 19.1. The maximum Gasteiger partial charge on any atom is 0.338 e. The third-order valence-corrected chi connectivity index (χ3v) is 4.13. The van der Waals surface area contributed by atoms with Crippen LogP contribution < -0.4 is 4.74 Å². The van der Waals surface area contributed by atoms with Crippen molar-refractivity contribution < 1.29 is 14.3 Å². The highest BCUT2D eigenvalue weighted by Gasteiger charge is 2.15. The SMILES string of the molecule is CCN(C)C=Nc1cc(C)c(C(=O)OCc2ccc(C)cc2)cc1OC. The molecule has 0 bridgehead atoms. The van der Waals surface area contributed by atoms with E-state index in [-0.39, 0.29) is 12.6 Å². The fourth-order valence-corrected chi connectivity index (χ4v) is 2.31. The van der Waals surface area contributed by atoms with E-state index in [0.29, 0.717) is 17.0 Å². The number of methoxy groups -OCH3 is 1. The van der Waals surface area contributed by atoms with Crippen molar-refractivity contribution in [3.05, 3.63) is 58.7 Å². The molecule has 0 spiro atoms. The van der Waals surface area contributed by atoms with Crippen LogP contribution in [0.4, 0.5) is 5.69 Å². The van der Waals surface area contributed by atoms with E-state index in [4.69, 9.17) is 9.47 Å². The molecule has 0 radical (unpaired) electrons. The Morgan fingerprint density at radius 3 is 2.50 bits per heavy atom. The van der Waals surface area contributed by atoms with Crippen LogP contribution in [-0.2, 0) is 11.3 Å². The summed E-state index contributed by atoms with van der Waals surface area (Å²) < 4.78 is 10.8. The zero-order valence-corrected chi connectivity index (χ0v) is 16.1. The van der Waals surface area contributed by atoms with E-state index in [2.05, 4.69) is 4.99 Å². The summed E-state index contributed by atoms with van der Waals surface area (Å²) in [6.45, 7) is 7.02. The Kier molecular flexibility index (Phi) is 6.78. The molecule has 0 atom stereocenters. The average Bonchev–Trinajstić information content (AvgIpc) is 2.65. The van der Waals surface area contributed by atoms with Gasteiger partial charge in [0.05, 0.1) is 19.0 Å². The Hall–Kier alpha value is -2.82. The summed E-state index contributed by atoms with van der Waals surface area (Å²) in [4.78, 5) is 18.9. The Labute approximate surface area is 155 Å². The van der Waals surface area contributed by atoms with Crippen LogP contribution in [0, 0.1) is 13.8 Å². The van der Waals surface area contributed by atoms with Gasteiger partial charge in [0.1, 0.15) is 18.0 Å². The first-order chi connectivity index (χ1) is 12.4. The Bertz CT molecular complexity index is 783. The summed E-state index contributed by atoms with van der Waals surface area (Å²) in [5.41, 5.74) is 4.09. The summed E-state index contributed by atoms with van der Waals surface area (Å²) in [6.07, 6.45) is 1.74. The molecule has 0 amide bonds. The van der Waals surface area contributed by atoms with Crippen LogP contribution in [0.1, 0.15) is 34.0 Å². The number of ether oxygens (including phenoxy) is 2. The van der Waals surface area contributed by atoms with Gasteiger partial charge in [-0.15, -0.1) is 0 Å². The van der Waals surface area contributed by atoms with Crippen LogP contribution in [0.25, 0.3) is 0 Å². The van der Waals surface area contributed by atoms with Gasteiger partial charge in [0, 0.05) is 13.6 Å². The highest BCUT2D eigenvalue weighted by molar-refractivity contribution is 5.92. The lowest BCUT2D eigenvalue weighted by molar-refractivity contribution is 0.0471. The second-order valence-corrected chi connectivity index (χ2v) is 6.22. The number of aliphatic imine (C=N–C) groups is 1. The second-order valence-electron chi connectivity index (χ2n) is 6.22. The Morgan fingerprint density at radius 1 is 1.19 bits per heavy atom. The van der Waals surface area contributed by atoms with Crippen LogP contribution in [0.15, 0.2) is 41.4 Å². The molecule has 0 aliphatic carbocycles. The standard InChI is InChI=1S/C21H26N2O3/c1-6-23(4)14-22-19-11-16(3)18(12-20(19)25-5)21(24)26-13-17-9-7-15(2)8-10-17/h7-12,14H,6,13H2,1-5H3. The van der Waals surface area contributed by atoms with Crippen molar-refractivity contribution in [2.24, 2.45) is 4.99 Å². The summed E-state index contributed by atoms with van der Waals surface area (Å²) in [6, 6.07) is 11.4. The van der Waals surface area contributed by atoms with Crippen LogP contribution in [0.3, 0.4) is 0 Å². The summed E-state index contributed by atoms with van der Waals surface area (Å²) >= 11 is 0. The molecule has 26 heavy (non-hydrogen) atoms. The normalized spacial score (nSPS) is 10.8. The molecular weight excluding hydrogens is 328 g/mol. The number of esters is 1. The number of rotatable bonds is 7. The van der Waals surface area contributed by atoms with Crippen molar-refractivity contribution in [2.45, 2.75) is 27.4 Å². The van der Waals surface area contributed by atoms with E-state index in [1.54, 1.807) is 19.5 Å². The highest BCUT2D eigenvalue weighted by Crippen LogP contribution is 2.31. The van der Waals surface area contributed by atoms with E-state index in [9.17, 15) is 4.79 Å². The summed E-state index contributed by atoms with van der Waals surface area (Å²) in [7, 11) is 3.51. The van der Waals surface area contributed by atoms with Gasteiger partial charge in [0.25, 0.3) is 0 Å². The van der Waals surface area contributed by atoms with E-state index < -0.39 is 0 Å². The Morgan fingerprint density at radius 2 is 1.88 bits per heavy atom. The van der Waals surface area contributed by atoms with Gasteiger partial charge < -0.3 is 14.4 Å². The number of hydrogen-bond acceptors (Lipinski definition) is 4. The number of carbonyl (C=O) groups excluding carboxylic acids is 1. The molecule has 0 aliphatic heterocycles. The van der Waals surface area contributed by atoms with E-state index in [1.165, 1.54) is 5.56 Å². The van der Waals surface area contributed by atoms with E-state index in [0.717, 1.165) is 17.7 Å². The van der Waals surface area contributed by atoms with Gasteiger partial charge in [-0.1, -0.05) is 29.8 Å². The van der Waals surface area contributed by atoms with Gasteiger partial charge in [-0.3, -0.25) is 0 Å². The first kappa shape index (κ1) is 19.5. The van der Waals surface area contributed by atoms with Gasteiger partial charge in [-0.2, -0.15) is 0 Å². The number of hydrogen-bond donors (Lipinski definition) is 0. The molecule has 0 saturated carbocycles. The fourth-order valence-electron chi connectivity index (χ4n) is 2.31. The van der Waals surface area contributed by atoms with Gasteiger partial charge in [-0.25, -0.2) is 9.79 Å². The molecule has 5 heteroatoms. The predicted octanol–water partition coefficient (Wildman–Crippen LogP) is 4.28. The lowest BCUT2D eigenvalue weighted by Gasteiger charge is -2.13. The molecule has 0 aliphatic rings. The van der Waals surface area contributed by atoms with Gasteiger partial charge in [-0.05, 0) is 44.0 Å². The third kappa shape index (κ3) is 5.09. The molecule has 2 rings (SSSR count). The quantitative estimate of drug-likeness (QED) is 0.423. The average molecular weight is 354 g/mol. The van der Waals surface area contributed by atoms with Crippen LogP contribution in [0.2, 0.25) is 0 Å². The van der Waals surface area contributed by atoms with Gasteiger partial charge in [0.2, 0.25) is 0 Å². The molecule has 0 heterocycles. The minimum Gasteiger partial charge on any atom is -0.494 e. The van der Waals surface area contributed by atoms with Crippen molar-refractivity contribution in [3.8, 4) is 5.75 Å². The molecule has 5 nitrogen and oxygen atoms in total. The molecular formula is C21H26N2O3. The number of nitrogens with zero attached hydrogens (tertiary/aromatic N) is 2. The maximum atomic E-state index is 12.5. The van der Waals surface area contributed by atoms with Crippen molar-refractivity contribution in [3.63, 3.8) is 0 Å². The largest absolute Gasteiger partial charge is 0.494 e. The lowest BCUT2D eigenvalue weighted by atomic mass is 10.1. The van der Waals surface area contributed by atoms with Crippen LogP contribution in [0.5, 0.6) is 5.75 Å². The molecule has 0 fully saturated rings. The molecule has 2 aromatic carbocycles. The van der Waals surface area contributed by atoms with Crippen LogP contribution >= 0.6 is 0 Å².